The number of hydrogen-bond donors (Lipinski definition) is 0. The maximum Gasteiger partial charge on any atom is 0.337 e. The van der Waals surface area contributed by atoms with Crippen LogP contribution in [0, 0.1) is 0 Å². The molecule has 0 unspecified atom stereocenters. The van der Waals surface area contributed by atoms with Crippen molar-refractivity contribution in [2.75, 3.05) is 37.4 Å². The van der Waals surface area contributed by atoms with Crippen LogP contribution in [0.25, 0.3) is 0 Å². The number of amides is 1. The molecule has 0 aliphatic carbocycles. The second-order valence-corrected chi connectivity index (χ2v) is 9.62. The molecule has 0 atom stereocenters. The molecule has 4 rings (SSSR count). The maximum atomic E-state index is 12.9. The van der Waals surface area contributed by atoms with Crippen LogP contribution in [0.1, 0.15) is 40.0 Å². The molecule has 0 spiro atoms. The van der Waals surface area contributed by atoms with Crippen LogP contribution in [0.15, 0.2) is 47.4 Å². The van der Waals surface area contributed by atoms with Crippen molar-refractivity contribution in [3.63, 3.8) is 0 Å². The van der Waals surface area contributed by atoms with Gasteiger partial charge in [-0.05, 0) is 61.7 Å². The first-order chi connectivity index (χ1) is 14.4. The van der Waals surface area contributed by atoms with Crippen molar-refractivity contribution in [1.82, 2.24) is 4.90 Å². The number of nitrogens with zero attached hydrogens (tertiary/aromatic N) is 2. The van der Waals surface area contributed by atoms with E-state index in [1.807, 2.05) is 4.90 Å². The monoisotopic (exact) mass is 428 g/mol. The number of benzene rings is 2. The number of fused-ring (bicyclic) bond motifs is 1. The van der Waals surface area contributed by atoms with Gasteiger partial charge in [-0.2, -0.15) is 0 Å². The Balaban J connectivity index is 1.68. The number of anilines is 2. The van der Waals surface area contributed by atoms with E-state index < -0.39 is 15.8 Å². The summed E-state index contributed by atoms with van der Waals surface area (Å²) in [6.07, 6.45) is 3.07. The topological polar surface area (TPSA) is 84.0 Å². The van der Waals surface area contributed by atoms with Crippen LogP contribution in [0.3, 0.4) is 0 Å². The first-order valence-electron chi connectivity index (χ1n) is 10.0. The molecule has 2 aromatic rings. The van der Waals surface area contributed by atoms with Gasteiger partial charge in [0.05, 0.1) is 29.0 Å². The molecule has 1 fully saturated rings. The summed E-state index contributed by atoms with van der Waals surface area (Å²) < 4.78 is 30.3. The molecule has 7 nitrogen and oxygen atoms in total. The fourth-order valence-corrected chi connectivity index (χ4v) is 5.45. The van der Waals surface area contributed by atoms with Crippen LogP contribution < -0.4 is 4.90 Å². The highest BCUT2D eigenvalue weighted by Crippen LogP contribution is 2.36. The first-order valence-corrected chi connectivity index (χ1v) is 11.7. The number of esters is 1. The summed E-state index contributed by atoms with van der Waals surface area (Å²) in [5, 5.41) is 0. The van der Waals surface area contributed by atoms with Crippen molar-refractivity contribution in [2.45, 2.75) is 24.2 Å². The highest BCUT2D eigenvalue weighted by Gasteiger charge is 2.31. The third-order valence-corrected chi connectivity index (χ3v) is 7.38. The van der Waals surface area contributed by atoms with Gasteiger partial charge in [-0.15, -0.1) is 0 Å². The van der Waals surface area contributed by atoms with E-state index in [4.69, 9.17) is 4.74 Å². The van der Waals surface area contributed by atoms with Gasteiger partial charge < -0.3 is 14.5 Å². The van der Waals surface area contributed by atoms with Gasteiger partial charge in [0, 0.05) is 30.9 Å². The average Bonchev–Trinajstić information content (AvgIpc) is 2.79. The Bertz CT molecular complexity index is 1070. The molecule has 2 aromatic carbocycles. The molecular formula is C22H24N2O5S. The average molecular weight is 429 g/mol. The summed E-state index contributed by atoms with van der Waals surface area (Å²) in [4.78, 5) is 28.4. The molecule has 0 aromatic heterocycles. The van der Waals surface area contributed by atoms with Crippen LogP contribution in [0.4, 0.5) is 11.4 Å². The Labute approximate surface area is 176 Å². The van der Waals surface area contributed by atoms with E-state index in [0.717, 1.165) is 24.9 Å². The highest BCUT2D eigenvalue weighted by molar-refractivity contribution is 7.91. The molecule has 0 saturated carbocycles. The standard InChI is InChI=1S/C22H24N2O5S/c1-29-22(26)16-5-8-18(9-6-16)24-13-14-30(27,28)20-15-17(7-10-19(20)24)21(25)23-11-3-2-4-12-23/h5-10,15H,2-4,11-14H2,1H3. The Hall–Kier alpha value is -2.87. The number of carbonyl (C=O) groups excluding carboxylic acids is 2. The van der Waals surface area contributed by atoms with E-state index in [0.29, 0.717) is 36.4 Å². The van der Waals surface area contributed by atoms with Gasteiger partial charge in [0.15, 0.2) is 9.84 Å². The quantitative estimate of drug-likeness (QED) is 0.699. The number of rotatable bonds is 3. The van der Waals surface area contributed by atoms with E-state index in [1.54, 1.807) is 41.3 Å². The van der Waals surface area contributed by atoms with Crippen LogP contribution in [-0.4, -0.2) is 57.7 Å². The van der Waals surface area contributed by atoms with Crippen LogP contribution in [0.2, 0.25) is 0 Å². The molecule has 2 heterocycles. The summed E-state index contributed by atoms with van der Waals surface area (Å²) in [5.74, 6) is -0.587. The second kappa shape index (κ2) is 8.10. The Morgan fingerprint density at radius 1 is 0.900 bits per heavy atom. The lowest BCUT2D eigenvalue weighted by molar-refractivity contribution is 0.0600. The molecule has 1 amide bonds. The van der Waals surface area contributed by atoms with Gasteiger partial charge in [-0.3, -0.25) is 4.79 Å². The summed E-state index contributed by atoms with van der Waals surface area (Å²) in [7, 11) is -2.16. The minimum atomic E-state index is -3.48. The predicted octanol–water partition coefficient (Wildman–Crippen LogP) is 3.02. The molecule has 30 heavy (non-hydrogen) atoms. The molecule has 2 aliphatic rings. The van der Waals surface area contributed by atoms with Gasteiger partial charge in [-0.1, -0.05) is 0 Å². The SMILES string of the molecule is COC(=O)c1ccc(N2CCS(=O)(=O)c3cc(C(=O)N4CCCCC4)ccc32)cc1. The zero-order valence-electron chi connectivity index (χ0n) is 16.8. The molecule has 1 saturated heterocycles. The first kappa shape index (κ1) is 20.4. The lowest BCUT2D eigenvalue weighted by atomic mass is 10.1. The van der Waals surface area contributed by atoms with E-state index >= 15 is 0 Å². The van der Waals surface area contributed by atoms with Gasteiger partial charge >= 0.3 is 5.97 Å². The second-order valence-electron chi connectivity index (χ2n) is 7.54. The number of methoxy groups -OCH3 is 1. The van der Waals surface area contributed by atoms with Crippen LogP contribution in [-0.2, 0) is 14.6 Å². The normalized spacial score (nSPS) is 17.9. The van der Waals surface area contributed by atoms with E-state index in [1.165, 1.54) is 13.2 Å². The zero-order chi connectivity index (χ0) is 21.3. The number of carbonyl (C=O) groups is 2. The molecular weight excluding hydrogens is 404 g/mol. The van der Waals surface area contributed by atoms with E-state index in [9.17, 15) is 18.0 Å². The van der Waals surface area contributed by atoms with Crippen molar-refractivity contribution in [1.29, 1.82) is 0 Å². The maximum absolute atomic E-state index is 12.9. The smallest absolute Gasteiger partial charge is 0.337 e. The molecule has 0 N–H and O–H groups in total. The van der Waals surface area contributed by atoms with Gasteiger partial charge in [-0.25, -0.2) is 13.2 Å². The third-order valence-electron chi connectivity index (χ3n) is 5.66. The highest BCUT2D eigenvalue weighted by atomic mass is 32.2. The molecule has 0 radical (unpaired) electrons. The van der Waals surface area contributed by atoms with Crippen LogP contribution >= 0.6 is 0 Å². The molecule has 0 bridgehead atoms. The number of ether oxygens (including phenoxy) is 1. The lowest BCUT2D eigenvalue weighted by Gasteiger charge is -2.32. The van der Waals surface area contributed by atoms with Gasteiger partial charge in [0.2, 0.25) is 0 Å². The molecule has 8 heteroatoms. The number of hydrogen-bond acceptors (Lipinski definition) is 6. The fourth-order valence-electron chi connectivity index (χ4n) is 4.00. The Morgan fingerprint density at radius 2 is 1.57 bits per heavy atom. The largest absolute Gasteiger partial charge is 0.465 e. The van der Waals surface area contributed by atoms with Crippen molar-refractivity contribution in [2.24, 2.45) is 0 Å². The van der Waals surface area contributed by atoms with Crippen molar-refractivity contribution < 1.29 is 22.7 Å². The number of likely N-dealkylation sites (tertiary alicyclic amines) is 1. The molecule has 2 aliphatic heterocycles. The summed E-state index contributed by atoms with van der Waals surface area (Å²) >= 11 is 0. The summed E-state index contributed by atoms with van der Waals surface area (Å²) in [5.41, 5.74) is 2.15. The predicted molar refractivity (Wildman–Crippen MR) is 113 cm³/mol. The number of sulfone groups is 1. The minimum Gasteiger partial charge on any atom is -0.465 e. The van der Waals surface area contributed by atoms with E-state index in [2.05, 4.69) is 0 Å². The zero-order valence-corrected chi connectivity index (χ0v) is 17.7. The van der Waals surface area contributed by atoms with E-state index in [-0.39, 0.29) is 16.6 Å². The fraction of sp³-hybridized carbons (Fsp3) is 0.364. The van der Waals surface area contributed by atoms with Crippen LogP contribution in [0.5, 0.6) is 0 Å². The third kappa shape index (κ3) is 3.79. The van der Waals surface area contributed by atoms with Gasteiger partial charge in [0.1, 0.15) is 0 Å². The Morgan fingerprint density at radius 3 is 2.23 bits per heavy atom. The van der Waals surface area contributed by atoms with Crippen molar-refractivity contribution in [3.8, 4) is 0 Å². The summed E-state index contributed by atoms with van der Waals surface area (Å²) in [6, 6.07) is 11.7. The van der Waals surface area contributed by atoms with Gasteiger partial charge in [0.25, 0.3) is 5.91 Å². The number of piperidine rings is 1. The summed E-state index contributed by atoms with van der Waals surface area (Å²) in [6.45, 7) is 1.72. The Kier molecular flexibility index (Phi) is 5.51. The minimum absolute atomic E-state index is 0.0416. The van der Waals surface area contributed by atoms with Crippen molar-refractivity contribution >= 4 is 33.1 Å². The van der Waals surface area contributed by atoms with Crippen molar-refractivity contribution in [3.05, 3.63) is 53.6 Å². The molecule has 158 valence electrons. The lowest BCUT2D eigenvalue weighted by Crippen LogP contribution is -2.36.